The van der Waals surface area contributed by atoms with Crippen molar-refractivity contribution in [3.05, 3.63) is 65.4 Å². The summed E-state index contributed by atoms with van der Waals surface area (Å²) in [7, 11) is 2.06. The van der Waals surface area contributed by atoms with Crippen LogP contribution in [0.25, 0.3) is 33.2 Å². The number of aryl methyl sites for hydroxylation is 3. The number of nitrogens with zero attached hydrogens (tertiary/aromatic N) is 2. The van der Waals surface area contributed by atoms with Crippen LogP contribution in [0.5, 0.6) is 0 Å². The predicted molar refractivity (Wildman–Crippen MR) is 94.5 cm³/mol. The van der Waals surface area contributed by atoms with E-state index in [0.29, 0.717) is 5.56 Å². The summed E-state index contributed by atoms with van der Waals surface area (Å²) in [6.07, 6.45) is 2.12. The van der Waals surface area contributed by atoms with Crippen molar-refractivity contribution in [1.82, 2.24) is 0 Å². The van der Waals surface area contributed by atoms with Gasteiger partial charge in [-0.05, 0) is 49.7 Å². The Kier molecular flexibility index (Phi) is 3.14. The summed E-state index contributed by atoms with van der Waals surface area (Å²) in [6.45, 7) is 4.18. The molecular weight excluding hydrogens is 296 g/mol. The first-order valence-corrected chi connectivity index (χ1v) is 7.91. The van der Waals surface area contributed by atoms with E-state index in [1.54, 1.807) is 0 Å². The maximum Gasteiger partial charge on any atom is 0.212 e. The van der Waals surface area contributed by atoms with Crippen molar-refractivity contribution in [3.63, 3.8) is 0 Å². The molecule has 0 aliphatic carbocycles. The molecule has 116 valence electrons. The zero-order chi connectivity index (χ0) is 16.8. The summed E-state index contributed by atoms with van der Waals surface area (Å²) in [6, 6.07) is 16.3. The van der Waals surface area contributed by atoms with Gasteiger partial charge in [0.25, 0.3) is 0 Å². The number of hydrogen-bond donors (Lipinski definition) is 0. The van der Waals surface area contributed by atoms with Crippen molar-refractivity contribution in [2.75, 3.05) is 0 Å². The molecule has 0 fully saturated rings. The standard InChI is InChI=1S/C21H17N2O/c1-13-7-8-18(23(3)12-13)16-10-17-20(9-14(16)2)24-19-6-4-5-15(11-22)21(17)19/h4-10,12H,1-3H3/q+1. The Balaban J connectivity index is 2.09. The molecule has 3 heteroatoms. The van der Waals surface area contributed by atoms with Gasteiger partial charge in [0.05, 0.1) is 11.6 Å². The molecule has 0 unspecified atom stereocenters. The molecule has 0 bridgehead atoms. The molecule has 0 saturated carbocycles. The molecule has 0 aliphatic rings. The second-order valence-corrected chi connectivity index (χ2v) is 6.26. The molecule has 0 spiro atoms. The fourth-order valence-electron chi connectivity index (χ4n) is 3.37. The highest BCUT2D eigenvalue weighted by Crippen LogP contribution is 2.35. The van der Waals surface area contributed by atoms with Gasteiger partial charge in [0.2, 0.25) is 5.69 Å². The minimum absolute atomic E-state index is 0.648. The van der Waals surface area contributed by atoms with Crippen LogP contribution in [0.4, 0.5) is 0 Å². The zero-order valence-corrected chi connectivity index (χ0v) is 13.9. The predicted octanol–water partition coefficient (Wildman–Crippen LogP) is 4.57. The first kappa shape index (κ1) is 14.5. The van der Waals surface area contributed by atoms with E-state index in [1.807, 2.05) is 18.2 Å². The highest BCUT2D eigenvalue weighted by Gasteiger charge is 2.17. The third-order valence-electron chi connectivity index (χ3n) is 4.52. The number of pyridine rings is 1. The number of rotatable bonds is 1. The molecule has 0 amide bonds. The largest absolute Gasteiger partial charge is 0.456 e. The van der Waals surface area contributed by atoms with Crippen molar-refractivity contribution in [3.8, 4) is 17.3 Å². The van der Waals surface area contributed by atoms with Crippen molar-refractivity contribution in [1.29, 1.82) is 5.26 Å². The van der Waals surface area contributed by atoms with Crippen LogP contribution in [0.15, 0.2) is 53.1 Å². The van der Waals surface area contributed by atoms with E-state index >= 15 is 0 Å². The third kappa shape index (κ3) is 2.08. The average Bonchev–Trinajstić information content (AvgIpc) is 2.91. The van der Waals surface area contributed by atoms with Gasteiger partial charge < -0.3 is 4.42 Å². The lowest BCUT2D eigenvalue weighted by Gasteiger charge is -2.05. The SMILES string of the molecule is Cc1ccc(-c2cc3c(cc2C)oc2cccc(C#N)c23)[n+](C)c1. The van der Waals surface area contributed by atoms with Gasteiger partial charge >= 0.3 is 0 Å². The zero-order valence-electron chi connectivity index (χ0n) is 13.9. The van der Waals surface area contributed by atoms with Crippen molar-refractivity contribution in [2.45, 2.75) is 13.8 Å². The maximum absolute atomic E-state index is 9.43. The van der Waals surface area contributed by atoms with Crippen LogP contribution < -0.4 is 4.57 Å². The lowest BCUT2D eigenvalue weighted by Crippen LogP contribution is -2.31. The molecule has 3 nitrogen and oxygen atoms in total. The van der Waals surface area contributed by atoms with E-state index in [9.17, 15) is 5.26 Å². The molecule has 0 N–H and O–H groups in total. The first-order valence-electron chi connectivity index (χ1n) is 7.91. The number of hydrogen-bond acceptors (Lipinski definition) is 2. The van der Waals surface area contributed by atoms with E-state index < -0.39 is 0 Å². The van der Waals surface area contributed by atoms with Crippen LogP contribution in [-0.2, 0) is 7.05 Å². The molecule has 0 aliphatic heterocycles. The Bertz CT molecular complexity index is 1150. The van der Waals surface area contributed by atoms with Crippen LogP contribution in [0, 0.1) is 25.2 Å². The summed E-state index contributed by atoms with van der Waals surface area (Å²) in [5.41, 5.74) is 6.90. The number of nitriles is 1. The molecular formula is C21H17N2O+. The Morgan fingerprint density at radius 1 is 1.04 bits per heavy atom. The minimum Gasteiger partial charge on any atom is -0.456 e. The summed E-state index contributed by atoms with van der Waals surface area (Å²) in [5.74, 6) is 0. The highest BCUT2D eigenvalue weighted by atomic mass is 16.3. The maximum atomic E-state index is 9.43. The van der Waals surface area contributed by atoms with Gasteiger partial charge in [0, 0.05) is 28.0 Å². The van der Waals surface area contributed by atoms with Gasteiger partial charge in [-0.25, -0.2) is 4.57 Å². The molecule has 2 heterocycles. The van der Waals surface area contributed by atoms with Crippen LogP contribution in [0.2, 0.25) is 0 Å². The average molecular weight is 313 g/mol. The van der Waals surface area contributed by atoms with Crippen LogP contribution in [-0.4, -0.2) is 0 Å². The van der Waals surface area contributed by atoms with E-state index in [0.717, 1.165) is 38.8 Å². The van der Waals surface area contributed by atoms with Crippen molar-refractivity contribution in [2.24, 2.45) is 7.05 Å². The minimum atomic E-state index is 0.648. The molecule has 0 radical (unpaired) electrons. The molecule has 2 aromatic heterocycles. The highest BCUT2D eigenvalue weighted by molar-refractivity contribution is 6.09. The lowest BCUT2D eigenvalue weighted by molar-refractivity contribution is -0.660. The molecule has 24 heavy (non-hydrogen) atoms. The Hall–Kier alpha value is -3.12. The first-order chi connectivity index (χ1) is 11.6. The normalized spacial score (nSPS) is 11.1. The Morgan fingerprint density at radius 3 is 2.62 bits per heavy atom. The van der Waals surface area contributed by atoms with Crippen molar-refractivity contribution >= 4 is 21.9 Å². The van der Waals surface area contributed by atoms with Crippen molar-refractivity contribution < 1.29 is 8.98 Å². The smallest absolute Gasteiger partial charge is 0.212 e. The van der Waals surface area contributed by atoms with E-state index in [2.05, 4.69) is 62.0 Å². The van der Waals surface area contributed by atoms with Crippen LogP contribution >= 0.6 is 0 Å². The fraction of sp³-hybridized carbons (Fsp3) is 0.143. The second-order valence-electron chi connectivity index (χ2n) is 6.26. The summed E-state index contributed by atoms with van der Waals surface area (Å²) >= 11 is 0. The number of fused-ring (bicyclic) bond motifs is 3. The van der Waals surface area contributed by atoms with Gasteiger partial charge in [-0.1, -0.05) is 6.07 Å². The quantitative estimate of drug-likeness (QED) is 0.483. The lowest BCUT2D eigenvalue weighted by atomic mass is 9.99. The monoisotopic (exact) mass is 313 g/mol. The molecule has 0 atom stereocenters. The van der Waals surface area contributed by atoms with Crippen LogP contribution in [0.1, 0.15) is 16.7 Å². The summed E-state index contributed by atoms with van der Waals surface area (Å²) in [4.78, 5) is 0. The second kappa shape index (κ2) is 5.21. The Morgan fingerprint density at radius 2 is 1.88 bits per heavy atom. The topological polar surface area (TPSA) is 40.8 Å². The van der Waals surface area contributed by atoms with Gasteiger partial charge in [-0.2, -0.15) is 5.26 Å². The number of furan rings is 1. The van der Waals surface area contributed by atoms with Gasteiger partial charge in [-0.15, -0.1) is 0 Å². The van der Waals surface area contributed by atoms with Gasteiger partial charge in [0.1, 0.15) is 18.2 Å². The van der Waals surface area contributed by atoms with Gasteiger partial charge in [0.15, 0.2) is 6.20 Å². The van der Waals surface area contributed by atoms with E-state index in [4.69, 9.17) is 4.42 Å². The molecule has 2 aromatic carbocycles. The Labute approximate surface area is 140 Å². The van der Waals surface area contributed by atoms with E-state index in [-0.39, 0.29) is 0 Å². The third-order valence-corrected chi connectivity index (χ3v) is 4.52. The van der Waals surface area contributed by atoms with E-state index in [1.165, 1.54) is 5.56 Å². The summed E-state index contributed by atoms with van der Waals surface area (Å²) in [5, 5.41) is 11.3. The molecule has 0 saturated heterocycles. The fourth-order valence-corrected chi connectivity index (χ4v) is 3.37. The number of benzene rings is 2. The number of aromatic nitrogens is 1. The summed E-state index contributed by atoms with van der Waals surface area (Å²) < 4.78 is 8.09. The molecule has 4 aromatic rings. The van der Waals surface area contributed by atoms with Crippen LogP contribution in [0.3, 0.4) is 0 Å². The van der Waals surface area contributed by atoms with Gasteiger partial charge in [-0.3, -0.25) is 0 Å². The molecule has 4 rings (SSSR count).